The van der Waals surface area contributed by atoms with Crippen LogP contribution in [0.1, 0.15) is 47.5 Å². The molecule has 19 heavy (non-hydrogen) atoms. The van der Waals surface area contributed by atoms with E-state index in [-0.39, 0.29) is 25.0 Å². The first-order chi connectivity index (χ1) is 8.60. The summed E-state index contributed by atoms with van der Waals surface area (Å²) in [6, 6.07) is 0. The molecule has 1 fully saturated rings. The molecule has 0 aliphatic carbocycles. The Morgan fingerprint density at radius 1 is 1.37 bits per heavy atom. The van der Waals surface area contributed by atoms with E-state index >= 15 is 0 Å². The van der Waals surface area contributed by atoms with Gasteiger partial charge in [-0.3, -0.25) is 9.59 Å². The summed E-state index contributed by atoms with van der Waals surface area (Å²) in [5.41, 5.74) is -2.41. The van der Waals surface area contributed by atoms with Gasteiger partial charge in [0, 0.05) is 7.11 Å². The molecule has 0 aromatic carbocycles. The van der Waals surface area contributed by atoms with Gasteiger partial charge in [0.05, 0.1) is 11.8 Å². The van der Waals surface area contributed by atoms with E-state index in [1.807, 2.05) is 20.8 Å². The van der Waals surface area contributed by atoms with Crippen molar-refractivity contribution in [1.82, 2.24) is 0 Å². The molecule has 0 radical (unpaired) electrons. The second-order valence-electron chi connectivity index (χ2n) is 6.17. The minimum absolute atomic E-state index is 0.0936. The first-order valence-corrected chi connectivity index (χ1v) is 6.54. The van der Waals surface area contributed by atoms with Gasteiger partial charge in [-0.25, -0.2) is 0 Å². The molecule has 1 atom stereocenters. The third-order valence-corrected chi connectivity index (χ3v) is 4.17. The highest BCUT2D eigenvalue weighted by Crippen LogP contribution is 2.38. The summed E-state index contributed by atoms with van der Waals surface area (Å²) in [7, 11) is 1.50. The fraction of sp³-hybridized carbons (Fsp3) is 0.857. The number of ether oxygens (including phenoxy) is 3. The summed E-state index contributed by atoms with van der Waals surface area (Å²) in [6.45, 7) is 9.21. The molecular formula is C14H24O5. The number of rotatable bonds is 5. The van der Waals surface area contributed by atoms with Crippen LogP contribution in [0.5, 0.6) is 0 Å². The van der Waals surface area contributed by atoms with Crippen molar-refractivity contribution in [2.45, 2.75) is 58.7 Å². The van der Waals surface area contributed by atoms with E-state index in [4.69, 9.17) is 14.2 Å². The number of carbonyl (C=O) groups is 2. The molecule has 5 nitrogen and oxygen atoms in total. The Hall–Kier alpha value is -1.10. The smallest absolute Gasteiger partial charge is 0.312 e. The summed E-state index contributed by atoms with van der Waals surface area (Å²) in [4.78, 5) is 23.6. The zero-order chi connectivity index (χ0) is 14.9. The Morgan fingerprint density at radius 2 is 1.95 bits per heavy atom. The monoisotopic (exact) mass is 272 g/mol. The number of esters is 2. The van der Waals surface area contributed by atoms with Gasteiger partial charge in [-0.2, -0.15) is 0 Å². The number of methoxy groups -OCH3 is 1. The highest BCUT2D eigenvalue weighted by atomic mass is 16.6. The van der Waals surface area contributed by atoms with Crippen LogP contribution in [0, 0.1) is 5.41 Å². The Balaban J connectivity index is 2.91. The van der Waals surface area contributed by atoms with Crippen molar-refractivity contribution in [2.24, 2.45) is 5.41 Å². The SMILES string of the molecule is CCC(C)(C)C(=O)OC(C)(C)C1(OC)COC(=O)C1. The van der Waals surface area contributed by atoms with Gasteiger partial charge in [-0.15, -0.1) is 0 Å². The minimum atomic E-state index is -0.933. The molecular weight excluding hydrogens is 248 g/mol. The maximum atomic E-state index is 12.2. The molecule has 0 bridgehead atoms. The predicted molar refractivity (Wildman–Crippen MR) is 69.6 cm³/mol. The fourth-order valence-corrected chi connectivity index (χ4v) is 1.90. The Morgan fingerprint density at radius 3 is 2.32 bits per heavy atom. The molecule has 0 N–H and O–H groups in total. The van der Waals surface area contributed by atoms with Gasteiger partial charge >= 0.3 is 11.9 Å². The van der Waals surface area contributed by atoms with Crippen LogP contribution in [0.4, 0.5) is 0 Å². The quantitative estimate of drug-likeness (QED) is 0.717. The lowest BCUT2D eigenvalue weighted by atomic mass is 9.83. The molecule has 0 saturated carbocycles. The highest BCUT2D eigenvalue weighted by molar-refractivity contribution is 5.77. The summed E-state index contributed by atoms with van der Waals surface area (Å²) < 4.78 is 16.1. The minimum Gasteiger partial charge on any atom is -0.462 e. The maximum absolute atomic E-state index is 12.2. The molecule has 1 unspecified atom stereocenters. The Labute approximate surface area is 114 Å². The normalized spacial score (nSPS) is 24.2. The van der Waals surface area contributed by atoms with Crippen LogP contribution in [0.25, 0.3) is 0 Å². The zero-order valence-electron chi connectivity index (χ0n) is 12.7. The molecule has 0 spiro atoms. The second kappa shape index (κ2) is 5.12. The van der Waals surface area contributed by atoms with Crippen molar-refractivity contribution in [2.75, 3.05) is 13.7 Å². The van der Waals surface area contributed by atoms with Crippen LogP contribution < -0.4 is 0 Å². The molecule has 0 aromatic rings. The molecule has 110 valence electrons. The van der Waals surface area contributed by atoms with Gasteiger partial charge < -0.3 is 14.2 Å². The van der Waals surface area contributed by atoms with Crippen molar-refractivity contribution >= 4 is 11.9 Å². The van der Waals surface area contributed by atoms with Crippen molar-refractivity contribution in [3.05, 3.63) is 0 Å². The first-order valence-electron chi connectivity index (χ1n) is 6.54. The van der Waals surface area contributed by atoms with Crippen LogP contribution in [-0.4, -0.2) is 36.9 Å². The van der Waals surface area contributed by atoms with Crippen LogP contribution in [-0.2, 0) is 23.8 Å². The molecule has 1 saturated heterocycles. The molecule has 1 aliphatic heterocycles. The number of hydrogen-bond donors (Lipinski definition) is 0. The first kappa shape index (κ1) is 16.0. The van der Waals surface area contributed by atoms with E-state index in [1.54, 1.807) is 13.8 Å². The lowest BCUT2D eigenvalue weighted by molar-refractivity contribution is -0.202. The molecule has 1 heterocycles. The number of hydrogen-bond acceptors (Lipinski definition) is 5. The second-order valence-corrected chi connectivity index (χ2v) is 6.17. The molecule has 0 aromatic heterocycles. The lowest BCUT2D eigenvalue weighted by Gasteiger charge is -2.41. The highest BCUT2D eigenvalue weighted by Gasteiger charge is 2.55. The Kier molecular flexibility index (Phi) is 4.30. The van der Waals surface area contributed by atoms with E-state index < -0.39 is 16.6 Å². The summed E-state index contributed by atoms with van der Waals surface area (Å²) in [5, 5.41) is 0. The third-order valence-electron chi connectivity index (χ3n) is 4.17. The molecule has 5 heteroatoms. The van der Waals surface area contributed by atoms with Crippen molar-refractivity contribution in [3.63, 3.8) is 0 Å². The van der Waals surface area contributed by atoms with Gasteiger partial charge in [0.1, 0.15) is 12.2 Å². The van der Waals surface area contributed by atoms with Gasteiger partial charge in [-0.1, -0.05) is 6.92 Å². The third kappa shape index (κ3) is 2.91. The average molecular weight is 272 g/mol. The largest absolute Gasteiger partial charge is 0.462 e. The standard InChI is InChI=1S/C14H24O5/c1-7-12(2,3)11(16)19-13(4,5)14(17-6)8-10(15)18-9-14/h7-9H2,1-6H3. The van der Waals surface area contributed by atoms with E-state index in [9.17, 15) is 9.59 Å². The summed E-state index contributed by atoms with van der Waals surface area (Å²) >= 11 is 0. The number of cyclic esters (lactones) is 1. The zero-order valence-corrected chi connectivity index (χ0v) is 12.7. The van der Waals surface area contributed by atoms with Crippen LogP contribution in [0.3, 0.4) is 0 Å². The molecule has 0 amide bonds. The lowest BCUT2D eigenvalue weighted by Crippen LogP contribution is -2.56. The molecule has 1 aliphatic rings. The fourth-order valence-electron chi connectivity index (χ4n) is 1.90. The van der Waals surface area contributed by atoms with Crippen molar-refractivity contribution in [3.8, 4) is 0 Å². The van der Waals surface area contributed by atoms with Crippen LogP contribution >= 0.6 is 0 Å². The van der Waals surface area contributed by atoms with Gasteiger partial charge in [-0.05, 0) is 34.1 Å². The van der Waals surface area contributed by atoms with E-state index in [0.717, 1.165) is 0 Å². The summed E-state index contributed by atoms with van der Waals surface area (Å²) in [6.07, 6.45) is 0.771. The molecule has 1 rings (SSSR count). The number of carbonyl (C=O) groups excluding carboxylic acids is 2. The van der Waals surface area contributed by atoms with Crippen molar-refractivity contribution < 1.29 is 23.8 Å². The predicted octanol–water partition coefficient (Wildman–Crippen LogP) is 2.08. The topological polar surface area (TPSA) is 61.8 Å². The average Bonchev–Trinajstić information content (AvgIpc) is 2.72. The van der Waals surface area contributed by atoms with Crippen molar-refractivity contribution in [1.29, 1.82) is 0 Å². The van der Waals surface area contributed by atoms with Crippen LogP contribution in [0.2, 0.25) is 0 Å². The van der Waals surface area contributed by atoms with E-state index in [1.165, 1.54) is 7.11 Å². The summed E-state index contributed by atoms with van der Waals surface area (Å²) in [5.74, 6) is -0.628. The van der Waals surface area contributed by atoms with Gasteiger partial charge in [0.2, 0.25) is 0 Å². The van der Waals surface area contributed by atoms with E-state index in [0.29, 0.717) is 6.42 Å². The van der Waals surface area contributed by atoms with E-state index in [2.05, 4.69) is 0 Å². The maximum Gasteiger partial charge on any atom is 0.312 e. The Bertz CT molecular complexity index is 372. The van der Waals surface area contributed by atoms with Crippen LogP contribution in [0.15, 0.2) is 0 Å². The van der Waals surface area contributed by atoms with Gasteiger partial charge in [0.25, 0.3) is 0 Å². The van der Waals surface area contributed by atoms with Gasteiger partial charge in [0.15, 0.2) is 5.60 Å².